The van der Waals surface area contributed by atoms with E-state index in [9.17, 15) is 22.8 Å². The number of nitrogens with zero attached hydrogens (tertiary/aromatic N) is 1. The Labute approximate surface area is 249 Å². The van der Waals surface area contributed by atoms with Gasteiger partial charge in [-0.05, 0) is 73.6 Å². The van der Waals surface area contributed by atoms with Crippen LogP contribution in [0.25, 0.3) is 0 Å². The van der Waals surface area contributed by atoms with E-state index in [4.69, 9.17) is 4.55 Å². The number of nitrogens with one attached hydrogen (secondary N) is 1. The number of hydrogen-bond acceptors (Lipinski definition) is 6. The second-order valence-corrected chi connectivity index (χ2v) is 14.6. The van der Waals surface area contributed by atoms with Crippen molar-refractivity contribution in [3.63, 3.8) is 0 Å². The molecule has 2 saturated heterocycles. The predicted molar refractivity (Wildman–Crippen MR) is 160 cm³/mol. The normalized spacial score (nSPS) is 29.6. The van der Waals surface area contributed by atoms with Crippen LogP contribution in [0.3, 0.4) is 0 Å². The van der Waals surface area contributed by atoms with Crippen LogP contribution in [0.1, 0.15) is 69.9 Å². The van der Waals surface area contributed by atoms with Gasteiger partial charge in [0.25, 0.3) is 10.1 Å². The highest BCUT2D eigenvalue weighted by Crippen LogP contribution is 2.64. The molecule has 0 aromatic heterocycles. The Balaban J connectivity index is 0.000000199. The van der Waals surface area contributed by atoms with Gasteiger partial charge in [0.15, 0.2) is 0 Å². The van der Waals surface area contributed by atoms with Crippen molar-refractivity contribution in [3.05, 3.63) is 71.8 Å². The van der Waals surface area contributed by atoms with Gasteiger partial charge in [0.05, 0.1) is 16.6 Å². The van der Waals surface area contributed by atoms with Crippen LogP contribution in [0, 0.1) is 22.7 Å². The molecule has 2 aliphatic carbocycles. The van der Waals surface area contributed by atoms with E-state index in [2.05, 4.69) is 34.5 Å². The number of Topliss-reactive ketones (excluding diaryl/α,β-unsaturated/α-hetero) is 1. The first-order valence-electron chi connectivity index (χ1n) is 15.0. The summed E-state index contributed by atoms with van der Waals surface area (Å²) in [5.41, 5.74) is 0.685. The van der Waals surface area contributed by atoms with Crippen LogP contribution in [-0.2, 0) is 36.5 Å². The Bertz CT molecular complexity index is 1420. The third-order valence-corrected chi connectivity index (χ3v) is 11.7. The maximum Gasteiger partial charge on any atom is 0.265 e. The summed E-state index contributed by atoms with van der Waals surface area (Å²) in [6.07, 6.45) is 4.96. The lowest BCUT2D eigenvalue weighted by Gasteiger charge is -2.45. The number of ketones is 1. The Morgan fingerprint density at radius 3 is 2.02 bits per heavy atom. The molecule has 0 radical (unpaired) electrons. The lowest BCUT2D eigenvalue weighted by atomic mass is 9.62. The lowest BCUT2D eigenvalue weighted by Crippen LogP contribution is -2.57. The van der Waals surface area contributed by atoms with E-state index in [1.807, 2.05) is 50.2 Å². The van der Waals surface area contributed by atoms with Crippen molar-refractivity contribution in [3.8, 4) is 0 Å². The van der Waals surface area contributed by atoms with E-state index < -0.39 is 26.7 Å². The molecule has 3 atom stereocenters. The van der Waals surface area contributed by atoms with Crippen LogP contribution in [-0.4, -0.2) is 54.3 Å². The van der Waals surface area contributed by atoms with Gasteiger partial charge in [0.2, 0.25) is 11.8 Å². The lowest BCUT2D eigenvalue weighted by molar-refractivity contribution is -0.140. The molecule has 2 N–H and O–H groups in total. The average molecular weight is 595 g/mol. The predicted octanol–water partition coefficient (Wildman–Crippen LogP) is 4.54. The fraction of sp³-hybridized carbons (Fsp3) is 0.545. The number of likely N-dealkylation sites (tertiary alicyclic amines) is 1. The minimum Gasteiger partial charge on any atom is -0.299 e. The van der Waals surface area contributed by atoms with Crippen molar-refractivity contribution >= 4 is 27.7 Å². The van der Waals surface area contributed by atoms with E-state index >= 15 is 0 Å². The highest BCUT2D eigenvalue weighted by Gasteiger charge is 2.65. The number of imide groups is 1. The molecule has 2 saturated carbocycles. The molecular formula is C33H42N2O6S. The summed E-state index contributed by atoms with van der Waals surface area (Å²) in [5, 5.41) is 2.63. The molecule has 2 aromatic rings. The number of amides is 2. The molecule has 4 aliphatic rings. The van der Waals surface area contributed by atoms with Crippen molar-refractivity contribution in [1.82, 2.24) is 10.2 Å². The van der Waals surface area contributed by atoms with Gasteiger partial charge < -0.3 is 0 Å². The molecule has 226 valence electrons. The monoisotopic (exact) mass is 594 g/mol. The van der Waals surface area contributed by atoms with E-state index in [0.717, 1.165) is 44.5 Å². The average Bonchev–Trinajstić information content (AvgIpc) is 3.29. The summed E-state index contributed by atoms with van der Waals surface area (Å²) in [4.78, 5) is 39.2. The van der Waals surface area contributed by atoms with Crippen molar-refractivity contribution in [2.24, 2.45) is 22.7 Å². The van der Waals surface area contributed by atoms with E-state index in [1.54, 1.807) is 0 Å². The third-order valence-electron chi connectivity index (χ3n) is 10.8. The maximum absolute atomic E-state index is 13.1. The quantitative estimate of drug-likeness (QED) is 0.372. The zero-order valence-electron chi connectivity index (χ0n) is 24.6. The van der Waals surface area contributed by atoms with Gasteiger partial charge in [0.1, 0.15) is 5.78 Å². The summed E-state index contributed by atoms with van der Waals surface area (Å²) in [7, 11) is -4.08. The Morgan fingerprint density at radius 2 is 1.50 bits per heavy atom. The van der Waals surface area contributed by atoms with Gasteiger partial charge >= 0.3 is 0 Å². The largest absolute Gasteiger partial charge is 0.299 e. The Hall–Kier alpha value is -2.88. The number of fused-ring (bicyclic) bond motifs is 2. The number of benzene rings is 2. The number of carbonyl (C=O) groups is 3. The molecular weight excluding hydrogens is 552 g/mol. The van der Waals surface area contributed by atoms with Gasteiger partial charge in [-0.25, -0.2) is 0 Å². The summed E-state index contributed by atoms with van der Waals surface area (Å²) in [6.45, 7) is 6.81. The number of hydrogen-bond donors (Lipinski definition) is 2. The molecule has 0 unspecified atom stereocenters. The number of piperidine rings is 2. The first-order valence-corrected chi connectivity index (χ1v) is 16.6. The smallest absolute Gasteiger partial charge is 0.265 e. The van der Waals surface area contributed by atoms with E-state index in [0.29, 0.717) is 25.7 Å². The topological polar surface area (TPSA) is 121 Å². The van der Waals surface area contributed by atoms with Crippen molar-refractivity contribution in [2.45, 2.75) is 70.8 Å². The Kier molecular flexibility index (Phi) is 8.49. The summed E-state index contributed by atoms with van der Waals surface area (Å²) >= 11 is 0. The maximum atomic E-state index is 13.1. The summed E-state index contributed by atoms with van der Waals surface area (Å²) in [5.74, 6) is -0.0878. The van der Waals surface area contributed by atoms with Crippen molar-refractivity contribution < 1.29 is 27.4 Å². The molecule has 0 spiro atoms. The number of rotatable bonds is 6. The summed E-state index contributed by atoms with van der Waals surface area (Å²) in [6, 6.07) is 20.6. The number of carbonyl (C=O) groups excluding carboxylic acids is 3. The minimum absolute atomic E-state index is 0.0152. The molecule has 2 heterocycles. The second kappa shape index (κ2) is 11.7. The summed E-state index contributed by atoms with van der Waals surface area (Å²) < 4.78 is 31.0. The highest BCUT2D eigenvalue weighted by atomic mass is 32.2. The fourth-order valence-corrected chi connectivity index (χ4v) is 9.51. The fourth-order valence-electron chi connectivity index (χ4n) is 8.21. The van der Waals surface area contributed by atoms with E-state index in [1.165, 1.54) is 5.56 Å². The van der Waals surface area contributed by atoms with Gasteiger partial charge in [-0.1, -0.05) is 74.5 Å². The molecule has 8 nitrogen and oxygen atoms in total. The second-order valence-electron chi connectivity index (χ2n) is 13.1. The first-order chi connectivity index (χ1) is 19.9. The minimum atomic E-state index is -4.08. The molecule has 2 amide bonds. The molecule has 2 aliphatic heterocycles. The molecule has 9 heteroatoms. The Morgan fingerprint density at radius 1 is 0.881 bits per heavy atom. The SMILES string of the molecule is CC1(C)[C@@H]2CC[C@@]1(CS(=O)(=O)O)C(=O)C2.O=C1CC[C@@](c2ccccc2)(C2CCN(Cc3ccccc3)CC2)C(=O)N1. The zero-order valence-corrected chi connectivity index (χ0v) is 25.4. The van der Waals surface area contributed by atoms with Crippen molar-refractivity contribution in [1.29, 1.82) is 0 Å². The zero-order chi connectivity index (χ0) is 30.2. The molecule has 6 rings (SSSR count). The van der Waals surface area contributed by atoms with Gasteiger partial charge in [-0.2, -0.15) is 8.42 Å². The van der Waals surface area contributed by atoms with Crippen LogP contribution in [0.2, 0.25) is 0 Å². The van der Waals surface area contributed by atoms with Gasteiger partial charge in [-0.15, -0.1) is 0 Å². The molecule has 2 aromatic carbocycles. The van der Waals surface area contributed by atoms with Crippen LogP contribution < -0.4 is 5.32 Å². The van der Waals surface area contributed by atoms with Crippen LogP contribution >= 0.6 is 0 Å². The molecule has 4 fully saturated rings. The first kappa shape index (κ1) is 30.6. The van der Waals surface area contributed by atoms with Crippen LogP contribution in [0.4, 0.5) is 0 Å². The van der Waals surface area contributed by atoms with E-state index in [-0.39, 0.29) is 34.8 Å². The third kappa shape index (κ3) is 5.71. The highest BCUT2D eigenvalue weighted by molar-refractivity contribution is 7.85. The van der Waals surface area contributed by atoms with Crippen LogP contribution in [0.5, 0.6) is 0 Å². The van der Waals surface area contributed by atoms with Gasteiger partial charge in [-0.3, -0.25) is 29.2 Å². The van der Waals surface area contributed by atoms with Gasteiger partial charge in [0, 0.05) is 19.4 Å². The standard InChI is InChI=1S/C23H26N2O2.C10H16O4S/c26-21-11-14-23(22(27)24-21,19-9-5-2-6-10-19)20-12-15-25(16-13-20)17-18-7-3-1-4-8-18;1-9(2)7-3-4-10(9,8(11)5-7)6-15(12,13)14/h1-10,20H,11-17H2,(H,24,26,27);7H,3-6H2,1-2H3,(H,12,13,14)/t23-;7-,10-/m11/s1. The molecule has 2 bridgehead atoms. The van der Waals surface area contributed by atoms with Crippen molar-refractivity contribution in [2.75, 3.05) is 18.8 Å². The molecule has 42 heavy (non-hydrogen) atoms. The van der Waals surface area contributed by atoms with Crippen LogP contribution in [0.15, 0.2) is 60.7 Å².